The molecule has 0 saturated carbocycles. The van der Waals surface area contributed by atoms with Gasteiger partial charge in [-0.3, -0.25) is 9.59 Å². The fraction of sp³-hybridized carbons (Fsp3) is 0.429. The van der Waals surface area contributed by atoms with Crippen molar-refractivity contribution in [2.75, 3.05) is 19.0 Å². The normalized spacial score (nSPS) is 23.2. The minimum absolute atomic E-state index is 0.0417. The SMILES string of the molecule is COc1ccc(C(=O)Nc2cccc(CC[C@H]3O[C@@H](CC(=O)N4Cc5ccccc5C[C@H]4CO)[C@H]([Si](C)(C)O)[C@H]3C)c2)cc1. The number of carbonyl (C=O) groups excluding carboxylic acids is 2. The Bertz CT molecular complexity index is 1460. The first-order valence-electron chi connectivity index (χ1n) is 15.5. The Balaban J connectivity index is 1.23. The second-order valence-electron chi connectivity index (χ2n) is 12.7. The summed E-state index contributed by atoms with van der Waals surface area (Å²) in [5, 5.41) is 13.1. The standard InChI is InChI=1S/C35H44N2O6Si/c1-23-31(17-12-24-8-7-11-28(18-24)36-35(40)25-13-15-30(42-2)16-14-25)43-32(34(23)44(3,4)41)20-33(39)37-21-27-10-6-5-9-26(27)19-29(37)22-38/h5-11,13-16,18,23,29,31-32,34,38,41H,12,17,19-22H2,1-4H3,(H,36,40)/t23-,29-,31+,32-,34+/m0/s1. The molecule has 0 unspecified atom stereocenters. The van der Waals surface area contributed by atoms with E-state index in [1.807, 2.05) is 55.6 Å². The maximum atomic E-state index is 13.7. The first-order valence-corrected chi connectivity index (χ1v) is 18.5. The molecular weight excluding hydrogens is 572 g/mol. The highest BCUT2D eigenvalue weighted by molar-refractivity contribution is 6.71. The van der Waals surface area contributed by atoms with Crippen LogP contribution in [0.2, 0.25) is 18.6 Å². The molecule has 3 aromatic rings. The fourth-order valence-electron chi connectivity index (χ4n) is 7.00. The lowest BCUT2D eigenvalue weighted by Gasteiger charge is -2.37. The van der Waals surface area contributed by atoms with Gasteiger partial charge in [0.05, 0.1) is 38.4 Å². The number of nitrogens with one attached hydrogen (secondary N) is 1. The third kappa shape index (κ3) is 7.23. The molecule has 1 fully saturated rings. The predicted octanol–water partition coefficient (Wildman–Crippen LogP) is 5.19. The summed E-state index contributed by atoms with van der Waals surface area (Å²) in [6.45, 7) is 6.37. The summed E-state index contributed by atoms with van der Waals surface area (Å²) in [4.78, 5) is 39.5. The van der Waals surface area contributed by atoms with Gasteiger partial charge in [-0.2, -0.15) is 0 Å². The molecule has 2 aliphatic rings. The second-order valence-corrected chi connectivity index (χ2v) is 16.7. The Morgan fingerprint density at radius 2 is 1.75 bits per heavy atom. The number of fused-ring (bicyclic) bond motifs is 1. The van der Waals surface area contributed by atoms with Crippen LogP contribution in [-0.2, 0) is 28.9 Å². The largest absolute Gasteiger partial charge is 0.497 e. The number of carbonyl (C=O) groups is 2. The average molecular weight is 617 g/mol. The molecule has 0 bridgehead atoms. The van der Waals surface area contributed by atoms with Crippen molar-refractivity contribution in [2.24, 2.45) is 5.92 Å². The predicted molar refractivity (Wildman–Crippen MR) is 173 cm³/mol. The van der Waals surface area contributed by atoms with Gasteiger partial charge in [-0.15, -0.1) is 0 Å². The van der Waals surface area contributed by atoms with Crippen molar-refractivity contribution in [1.82, 2.24) is 4.90 Å². The van der Waals surface area contributed by atoms with E-state index in [2.05, 4.69) is 18.3 Å². The second kappa shape index (κ2) is 13.6. The number of hydrogen-bond acceptors (Lipinski definition) is 6. The summed E-state index contributed by atoms with van der Waals surface area (Å²) in [5.41, 5.74) is 4.53. The number of aliphatic hydroxyl groups is 1. The molecule has 5 rings (SSSR count). The van der Waals surface area contributed by atoms with E-state index in [4.69, 9.17) is 9.47 Å². The molecule has 8 nitrogen and oxygen atoms in total. The molecule has 3 aromatic carbocycles. The minimum Gasteiger partial charge on any atom is -0.497 e. The highest BCUT2D eigenvalue weighted by atomic mass is 28.4. The van der Waals surface area contributed by atoms with Crippen molar-refractivity contribution in [2.45, 2.75) is 76.0 Å². The molecule has 0 radical (unpaired) electrons. The van der Waals surface area contributed by atoms with Gasteiger partial charge in [-0.25, -0.2) is 0 Å². The van der Waals surface area contributed by atoms with E-state index in [-0.39, 0.29) is 54.6 Å². The highest BCUT2D eigenvalue weighted by Gasteiger charge is 2.50. The summed E-state index contributed by atoms with van der Waals surface area (Å²) in [7, 11) is -1.08. The van der Waals surface area contributed by atoms with Crippen molar-refractivity contribution in [3.63, 3.8) is 0 Å². The van der Waals surface area contributed by atoms with Crippen LogP contribution in [0.25, 0.3) is 0 Å². The Hall–Kier alpha value is -3.50. The Morgan fingerprint density at radius 3 is 2.43 bits per heavy atom. The first kappa shape index (κ1) is 31.9. The lowest BCUT2D eigenvalue weighted by Crippen LogP contribution is -2.48. The Morgan fingerprint density at radius 1 is 1.02 bits per heavy atom. The van der Waals surface area contributed by atoms with Crippen LogP contribution in [0.15, 0.2) is 72.8 Å². The quantitative estimate of drug-likeness (QED) is 0.271. The van der Waals surface area contributed by atoms with Crippen LogP contribution < -0.4 is 10.1 Å². The van der Waals surface area contributed by atoms with Gasteiger partial charge in [0.1, 0.15) is 5.75 Å². The number of rotatable bonds is 10. The lowest BCUT2D eigenvalue weighted by atomic mass is 9.93. The number of aryl methyl sites for hydroxylation is 1. The van der Waals surface area contributed by atoms with Crippen molar-refractivity contribution in [3.8, 4) is 5.75 Å². The highest BCUT2D eigenvalue weighted by Crippen LogP contribution is 2.46. The number of anilines is 1. The molecule has 3 N–H and O–H groups in total. The van der Waals surface area contributed by atoms with Gasteiger partial charge in [0.2, 0.25) is 5.91 Å². The van der Waals surface area contributed by atoms with Gasteiger partial charge < -0.3 is 29.6 Å². The van der Waals surface area contributed by atoms with Gasteiger partial charge in [0, 0.05) is 23.3 Å². The minimum atomic E-state index is -2.67. The molecule has 0 aliphatic carbocycles. The van der Waals surface area contributed by atoms with Crippen LogP contribution in [0.3, 0.4) is 0 Å². The number of amides is 2. The summed E-state index contributed by atoms with van der Waals surface area (Å²) >= 11 is 0. The number of nitrogens with zero attached hydrogens (tertiary/aromatic N) is 1. The maximum absolute atomic E-state index is 13.7. The van der Waals surface area contributed by atoms with Crippen LogP contribution in [0.5, 0.6) is 5.75 Å². The molecule has 1 saturated heterocycles. The maximum Gasteiger partial charge on any atom is 0.255 e. The molecule has 2 aliphatic heterocycles. The van der Waals surface area contributed by atoms with E-state index in [9.17, 15) is 19.5 Å². The van der Waals surface area contributed by atoms with Gasteiger partial charge in [0.15, 0.2) is 8.32 Å². The molecular formula is C35H44N2O6Si. The van der Waals surface area contributed by atoms with Crippen molar-refractivity contribution in [3.05, 3.63) is 95.1 Å². The molecule has 0 spiro atoms. The van der Waals surface area contributed by atoms with E-state index in [0.717, 1.165) is 29.7 Å². The number of aliphatic hydroxyl groups excluding tert-OH is 1. The van der Waals surface area contributed by atoms with Crippen LogP contribution in [0.4, 0.5) is 5.69 Å². The third-order valence-corrected chi connectivity index (χ3v) is 11.8. The van der Waals surface area contributed by atoms with Gasteiger partial charge >= 0.3 is 0 Å². The molecule has 2 heterocycles. The first-order chi connectivity index (χ1) is 21.1. The fourth-order valence-corrected chi connectivity index (χ4v) is 9.61. The Labute approximate surface area is 261 Å². The van der Waals surface area contributed by atoms with E-state index < -0.39 is 8.32 Å². The molecule has 234 valence electrons. The van der Waals surface area contributed by atoms with Crippen LogP contribution in [0.1, 0.15) is 46.8 Å². The van der Waals surface area contributed by atoms with Crippen molar-refractivity contribution >= 4 is 25.8 Å². The molecule has 44 heavy (non-hydrogen) atoms. The van der Waals surface area contributed by atoms with Crippen molar-refractivity contribution < 1.29 is 29.0 Å². The number of ether oxygens (including phenoxy) is 2. The molecule has 9 heteroatoms. The van der Waals surface area contributed by atoms with E-state index in [1.165, 1.54) is 5.56 Å². The number of hydrogen-bond donors (Lipinski definition) is 3. The lowest BCUT2D eigenvalue weighted by molar-refractivity contribution is -0.138. The molecule has 5 atom stereocenters. The summed E-state index contributed by atoms with van der Waals surface area (Å²) in [6.07, 6.45) is 1.81. The van der Waals surface area contributed by atoms with E-state index in [1.54, 1.807) is 36.3 Å². The van der Waals surface area contributed by atoms with Crippen LogP contribution >= 0.6 is 0 Å². The zero-order chi connectivity index (χ0) is 31.4. The van der Waals surface area contributed by atoms with Crippen LogP contribution in [-0.4, -0.2) is 66.9 Å². The molecule has 2 amide bonds. The van der Waals surface area contributed by atoms with E-state index >= 15 is 0 Å². The average Bonchev–Trinajstić information content (AvgIpc) is 3.34. The third-order valence-electron chi connectivity index (χ3n) is 9.24. The van der Waals surface area contributed by atoms with Gasteiger partial charge in [0.25, 0.3) is 5.91 Å². The molecule has 0 aromatic heterocycles. The van der Waals surface area contributed by atoms with Gasteiger partial charge in [-0.1, -0.05) is 43.3 Å². The van der Waals surface area contributed by atoms with E-state index in [0.29, 0.717) is 24.3 Å². The number of benzene rings is 3. The smallest absolute Gasteiger partial charge is 0.255 e. The van der Waals surface area contributed by atoms with Crippen molar-refractivity contribution in [1.29, 1.82) is 0 Å². The Kier molecular flexibility index (Phi) is 9.89. The zero-order valence-electron chi connectivity index (χ0n) is 26.0. The number of methoxy groups -OCH3 is 1. The zero-order valence-corrected chi connectivity index (χ0v) is 27.0. The van der Waals surface area contributed by atoms with Gasteiger partial charge in [-0.05, 0) is 91.4 Å². The summed E-state index contributed by atoms with van der Waals surface area (Å²) in [5.74, 6) is 0.552. The van der Waals surface area contributed by atoms with Crippen LogP contribution in [0, 0.1) is 5.92 Å². The monoisotopic (exact) mass is 616 g/mol. The topological polar surface area (TPSA) is 108 Å². The summed E-state index contributed by atoms with van der Waals surface area (Å²) < 4.78 is 11.8. The summed E-state index contributed by atoms with van der Waals surface area (Å²) in [6, 6.07) is 22.6.